The highest BCUT2D eigenvalue weighted by atomic mass is 35.5. The number of amides is 1. The first-order valence-corrected chi connectivity index (χ1v) is 11.7. The van der Waals surface area contributed by atoms with E-state index in [0.29, 0.717) is 19.0 Å². The maximum Gasteiger partial charge on any atom is 0.241 e. The number of rotatable bonds is 8. The van der Waals surface area contributed by atoms with Gasteiger partial charge in [-0.25, -0.2) is 13.1 Å². The summed E-state index contributed by atoms with van der Waals surface area (Å²) in [7, 11) is -3.72. The van der Waals surface area contributed by atoms with E-state index in [1.807, 2.05) is 30.3 Å². The average molecular weight is 436 g/mol. The molecule has 2 aromatic rings. The summed E-state index contributed by atoms with van der Waals surface area (Å²) in [5.41, 5.74) is 2.17. The topological polar surface area (TPSA) is 69.7 Å². The van der Waals surface area contributed by atoms with Crippen LogP contribution < -0.4 is 9.62 Å². The lowest BCUT2D eigenvalue weighted by molar-refractivity contribution is -0.130. The van der Waals surface area contributed by atoms with Gasteiger partial charge in [-0.05, 0) is 42.7 Å². The number of benzene rings is 2. The molecule has 0 unspecified atom stereocenters. The molecule has 0 saturated carbocycles. The van der Waals surface area contributed by atoms with Crippen molar-refractivity contribution in [3.8, 4) is 0 Å². The number of para-hydroxylation sites is 1. The fourth-order valence-electron chi connectivity index (χ4n) is 3.31. The largest absolute Gasteiger partial charge is 0.368 e. The van der Waals surface area contributed by atoms with Crippen LogP contribution in [0, 0.1) is 0 Å². The molecule has 0 aliphatic carbocycles. The lowest BCUT2D eigenvalue weighted by Crippen LogP contribution is -2.51. The van der Waals surface area contributed by atoms with Gasteiger partial charge in [-0.15, -0.1) is 11.6 Å². The van der Waals surface area contributed by atoms with Gasteiger partial charge in [-0.1, -0.05) is 30.3 Å². The molecule has 156 valence electrons. The van der Waals surface area contributed by atoms with Crippen LogP contribution >= 0.6 is 11.6 Å². The van der Waals surface area contributed by atoms with Gasteiger partial charge in [0.15, 0.2) is 0 Å². The van der Waals surface area contributed by atoms with Crippen molar-refractivity contribution in [2.24, 2.45) is 0 Å². The second-order valence-corrected chi connectivity index (χ2v) is 9.11. The summed E-state index contributed by atoms with van der Waals surface area (Å²) < 4.78 is 27.4. The Bertz CT molecular complexity index is 897. The average Bonchev–Trinajstić information content (AvgIpc) is 2.77. The van der Waals surface area contributed by atoms with Crippen LogP contribution in [0.2, 0.25) is 0 Å². The number of anilines is 1. The Morgan fingerprint density at radius 3 is 2.24 bits per heavy atom. The summed E-state index contributed by atoms with van der Waals surface area (Å²) in [5.74, 6) is 0.364. The third-order valence-electron chi connectivity index (χ3n) is 5.00. The van der Waals surface area contributed by atoms with E-state index in [-0.39, 0.29) is 17.3 Å². The number of piperazine rings is 1. The van der Waals surface area contributed by atoms with Crippen molar-refractivity contribution >= 4 is 33.2 Å². The van der Waals surface area contributed by atoms with E-state index in [1.165, 1.54) is 0 Å². The minimum absolute atomic E-state index is 0.161. The number of carbonyl (C=O) groups is 1. The molecular formula is C21H26ClN3O3S. The molecule has 1 N–H and O–H groups in total. The van der Waals surface area contributed by atoms with E-state index >= 15 is 0 Å². The van der Waals surface area contributed by atoms with Gasteiger partial charge in [0, 0.05) is 37.7 Å². The number of hydrogen-bond donors (Lipinski definition) is 1. The number of halogens is 1. The van der Waals surface area contributed by atoms with Crippen LogP contribution in [0.4, 0.5) is 5.69 Å². The molecule has 0 bridgehead atoms. The molecule has 1 heterocycles. The van der Waals surface area contributed by atoms with Crippen molar-refractivity contribution in [3.63, 3.8) is 0 Å². The molecule has 3 rings (SSSR count). The molecule has 1 fully saturated rings. The molecule has 1 aliphatic rings. The SMILES string of the molecule is O=C(CNS(=O)(=O)c1ccc(CCCCl)cc1)N1CCN(c2ccccc2)CC1. The number of sulfonamides is 1. The van der Waals surface area contributed by atoms with E-state index < -0.39 is 10.0 Å². The van der Waals surface area contributed by atoms with Crippen LogP contribution in [-0.2, 0) is 21.2 Å². The van der Waals surface area contributed by atoms with Crippen molar-refractivity contribution in [3.05, 3.63) is 60.2 Å². The number of carbonyl (C=O) groups excluding carboxylic acids is 1. The third kappa shape index (κ3) is 5.95. The van der Waals surface area contributed by atoms with Crippen LogP contribution in [0.3, 0.4) is 0 Å². The van der Waals surface area contributed by atoms with Gasteiger partial charge in [0.25, 0.3) is 0 Å². The van der Waals surface area contributed by atoms with E-state index in [2.05, 4.69) is 9.62 Å². The number of aryl methyl sites for hydroxylation is 1. The Hall–Kier alpha value is -2.09. The summed E-state index contributed by atoms with van der Waals surface area (Å²) in [6.45, 7) is 2.37. The molecule has 2 aromatic carbocycles. The standard InChI is InChI=1S/C21H26ClN3O3S/c22-12-4-5-18-8-10-20(11-9-18)29(27,28)23-17-21(26)25-15-13-24(14-16-25)19-6-2-1-3-7-19/h1-3,6-11,23H,4-5,12-17H2. The maximum absolute atomic E-state index is 12.5. The Labute approximate surface area is 177 Å². The summed E-state index contributed by atoms with van der Waals surface area (Å²) >= 11 is 5.68. The van der Waals surface area contributed by atoms with E-state index in [0.717, 1.165) is 37.2 Å². The highest BCUT2D eigenvalue weighted by Gasteiger charge is 2.23. The second kappa shape index (κ2) is 10.1. The van der Waals surface area contributed by atoms with Crippen LogP contribution in [0.5, 0.6) is 0 Å². The molecular weight excluding hydrogens is 410 g/mol. The van der Waals surface area contributed by atoms with E-state index in [9.17, 15) is 13.2 Å². The second-order valence-electron chi connectivity index (χ2n) is 6.96. The van der Waals surface area contributed by atoms with Crippen molar-refractivity contribution in [2.75, 3.05) is 43.5 Å². The van der Waals surface area contributed by atoms with Crippen molar-refractivity contribution in [1.82, 2.24) is 9.62 Å². The smallest absolute Gasteiger partial charge is 0.241 e. The Kier molecular flexibility index (Phi) is 7.52. The maximum atomic E-state index is 12.5. The molecule has 0 atom stereocenters. The van der Waals surface area contributed by atoms with E-state index in [4.69, 9.17) is 11.6 Å². The summed E-state index contributed by atoms with van der Waals surface area (Å²) in [4.78, 5) is 16.5. The van der Waals surface area contributed by atoms with Crippen molar-refractivity contribution in [1.29, 1.82) is 0 Å². The summed E-state index contributed by atoms with van der Waals surface area (Å²) in [5, 5.41) is 0. The molecule has 1 saturated heterocycles. The number of nitrogens with one attached hydrogen (secondary N) is 1. The summed E-state index contributed by atoms with van der Waals surface area (Å²) in [6, 6.07) is 16.8. The first-order chi connectivity index (χ1) is 14.0. The monoisotopic (exact) mass is 435 g/mol. The first kappa shape index (κ1) is 21.6. The van der Waals surface area contributed by atoms with Crippen LogP contribution in [0.15, 0.2) is 59.5 Å². The molecule has 6 nitrogen and oxygen atoms in total. The molecule has 8 heteroatoms. The van der Waals surface area contributed by atoms with Gasteiger partial charge < -0.3 is 9.80 Å². The van der Waals surface area contributed by atoms with Crippen LogP contribution in [0.1, 0.15) is 12.0 Å². The third-order valence-corrected chi connectivity index (χ3v) is 6.68. The zero-order valence-corrected chi connectivity index (χ0v) is 17.8. The van der Waals surface area contributed by atoms with Crippen LogP contribution in [-0.4, -0.2) is 57.8 Å². The lowest BCUT2D eigenvalue weighted by atomic mass is 10.1. The van der Waals surface area contributed by atoms with Gasteiger partial charge in [-0.3, -0.25) is 4.79 Å². The minimum Gasteiger partial charge on any atom is -0.368 e. The fraction of sp³-hybridized carbons (Fsp3) is 0.381. The Balaban J connectivity index is 1.49. The predicted molar refractivity (Wildman–Crippen MR) is 116 cm³/mol. The Morgan fingerprint density at radius 2 is 1.62 bits per heavy atom. The highest BCUT2D eigenvalue weighted by Crippen LogP contribution is 2.16. The van der Waals surface area contributed by atoms with Gasteiger partial charge >= 0.3 is 0 Å². The molecule has 0 radical (unpaired) electrons. The van der Waals surface area contributed by atoms with E-state index in [1.54, 1.807) is 29.2 Å². The zero-order chi connectivity index (χ0) is 20.7. The van der Waals surface area contributed by atoms with Crippen molar-refractivity contribution < 1.29 is 13.2 Å². The predicted octanol–water partition coefficient (Wildman–Crippen LogP) is 2.49. The Morgan fingerprint density at radius 1 is 0.966 bits per heavy atom. The summed E-state index contributed by atoms with van der Waals surface area (Å²) in [6.07, 6.45) is 1.66. The van der Waals surface area contributed by atoms with Gasteiger partial charge in [0.2, 0.25) is 15.9 Å². The number of alkyl halides is 1. The molecule has 1 aliphatic heterocycles. The van der Waals surface area contributed by atoms with Crippen molar-refractivity contribution in [2.45, 2.75) is 17.7 Å². The molecule has 1 amide bonds. The fourth-order valence-corrected chi connectivity index (χ4v) is 4.42. The zero-order valence-electron chi connectivity index (χ0n) is 16.3. The van der Waals surface area contributed by atoms with Gasteiger partial charge in [-0.2, -0.15) is 0 Å². The molecule has 29 heavy (non-hydrogen) atoms. The minimum atomic E-state index is -3.72. The number of nitrogens with zero attached hydrogens (tertiary/aromatic N) is 2. The lowest BCUT2D eigenvalue weighted by Gasteiger charge is -2.36. The van der Waals surface area contributed by atoms with Gasteiger partial charge in [0.1, 0.15) is 0 Å². The quantitative estimate of drug-likeness (QED) is 0.647. The molecule has 0 spiro atoms. The highest BCUT2D eigenvalue weighted by molar-refractivity contribution is 7.89. The van der Waals surface area contributed by atoms with Gasteiger partial charge in [0.05, 0.1) is 11.4 Å². The van der Waals surface area contributed by atoms with Crippen LogP contribution in [0.25, 0.3) is 0 Å². The first-order valence-electron chi connectivity index (χ1n) is 9.72. The number of hydrogen-bond acceptors (Lipinski definition) is 4. The molecule has 0 aromatic heterocycles. The normalized spacial score (nSPS) is 14.8.